The molecule has 1 aliphatic heterocycles. The van der Waals surface area contributed by atoms with Crippen molar-refractivity contribution in [3.05, 3.63) is 82.6 Å². The lowest BCUT2D eigenvalue weighted by Crippen LogP contribution is -2.33. The third kappa shape index (κ3) is 6.36. The molecule has 1 fully saturated rings. The first-order chi connectivity index (χ1) is 16.0. The molecule has 170 valence electrons. The van der Waals surface area contributed by atoms with E-state index in [1.165, 1.54) is 6.42 Å². The second-order valence-electron chi connectivity index (χ2n) is 8.72. The molecule has 1 aliphatic rings. The molecule has 2 heterocycles. The van der Waals surface area contributed by atoms with Crippen LogP contribution < -0.4 is 4.74 Å². The van der Waals surface area contributed by atoms with Gasteiger partial charge in [0, 0.05) is 41.5 Å². The van der Waals surface area contributed by atoms with Crippen LogP contribution in [-0.4, -0.2) is 61.2 Å². The summed E-state index contributed by atoms with van der Waals surface area (Å²) in [6, 6.07) is 18.5. The lowest BCUT2D eigenvalue weighted by molar-refractivity contribution is 0.220. The Bertz CT molecular complexity index is 1130. The number of aryl methyl sites for hydroxylation is 1. The number of rotatable bonds is 6. The van der Waals surface area contributed by atoms with Crippen molar-refractivity contribution in [3.63, 3.8) is 0 Å². The second kappa shape index (κ2) is 10.9. The molecule has 4 nitrogen and oxygen atoms in total. The fourth-order valence-electron chi connectivity index (χ4n) is 4.03. The van der Waals surface area contributed by atoms with E-state index in [-0.39, 0.29) is 0 Å². The molecule has 0 bridgehead atoms. The molecular weight excluding hydrogens is 430 g/mol. The average Bonchev–Trinajstić information content (AvgIpc) is 3.29. The van der Waals surface area contributed by atoms with Crippen LogP contribution in [0.15, 0.2) is 60.8 Å². The topological polar surface area (TPSA) is 28.6 Å². The average molecular weight is 460 g/mol. The number of hydrogen-bond donors (Lipinski definition) is 0. The summed E-state index contributed by atoms with van der Waals surface area (Å²) in [7, 11) is 4.32. The van der Waals surface area contributed by atoms with Crippen molar-refractivity contribution < 1.29 is 4.74 Å². The van der Waals surface area contributed by atoms with Crippen LogP contribution in [0.3, 0.4) is 0 Å². The maximum absolute atomic E-state index is 6.05. The van der Waals surface area contributed by atoms with Crippen LogP contribution in [0, 0.1) is 18.8 Å². The minimum atomic E-state index is 0.660. The highest BCUT2D eigenvalue weighted by Gasteiger charge is 2.23. The molecule has 0 N–H and O–H groups in total. The third-order valence-electron chi connectivity index (χ3n) is 6.09. The molecule has 1 atom stereocenters. The maximum atomic E-state index is 6.05. The maximum Gasteiger partial charge on any atom is 0.122 e. The minimum Gasteiger partial charge on any atom is -0.492 e. The van der Waals surface area contributed by atoms with Gasteiger partial charge in [-0.05, 0) is 87.4 Å². The van der Waals surface area contributed by atoms with Crippen molar-refractivity contribution in [2.24, 2.45) is 0 Å². The van der Waals surface area contributed by atoms with Gasteiger partial charge in [-0.25, -0.2) is 4.98 Å². The molecule has 1 saturated heterocycles. The summed E-state index contributed by atoms with van der Waals surface area (Å²) in [4.78, 5) is 9.28. The van der Waals surface area contributed by atoms with Crippen LogP contribution in [0.1, 0.15) is 23.2 Å². The second-order valence-corrected chi connectivity index (χ2v) is 9.16. The Labute approximate surface area is 202 Å². The molecule has 0 aliphatic carbocycles. The van der Waals surface area contributed by atoms with Crippen LogP contribution >= 0.6 is 11.6 Å². The van der Waals surface area contributed by atoms with E-state index >= 15 is 0 Å². The fourth-order valence-corrected chi connectivity index (χ4v) is 4.15. The molecule has 2 aromatic carbocycles. The molecule has 0 spiro atoms. The summed E-state index contributed by atoms with van der Waals surface area (Å²) in [5.74, 6) is 7.29. The van der Waals surface area contributed by atoms with E-state index in [0.29, 0.717) is 12.6 Å². The van der Waals surface area contributed by atoms with E-state index in [1.54, 1.807) is 0 Å². The molecule has 0 radical (unpaired) electrons. The van der Waals surface area contributed by atoms with Gasteiger partial charge in [-0.2, -0.15) is 0 Å². The van der Waals surface area contributed by atoms with Gasteiger partial charge in [0.05, 0.1) is 0 Å². The highest BCUT2D eigenvalue weighted by atomic mass is 35.5. The largest absolute Gasteiger partial charge is 0.492 e. The van der Waals surface area contributed by atoms with E-state index in [0.717, 1.165) is 58.4 Å². The van der Waals surface area contributed by atoms with Gasteiger partial charge < -0.3 is 9.64 Å². The van der Waals surface area contributed by atoms with Gasteiger partial charge in [0.2, 0.25) is 0 Å². The van der Waals surface area contributed by atoms with Crippen molar-refractivity contribution >= 4 is 11.6 Å². The Kier molecular flexibility index (Phi) is 7.67. The SMILES string of the molecule is Cc1cc(C#Cc2ccc(-c3ccc(Cl)cc3)cn2)ccc1OCCN1CCC(N(C)C)C1. The first-order valence-corrected chi connectivity index (χ1v) is 11.7. The molecule has 0 saturated carbocycles. The van der Waals surface area contributed by atoms with Gasteiger partial charge >= 0.3 is 0 Å². The molecule has 5 heteroatoms. The van der Waals surface area contributed by atoms with Gasteiger partial charge in [0.15, 0.2) is 0 Å². The van der Waals surface area contributed by atoms with E-state index in [1.807, 2.05) is 54.7 Å². The number of likely N-dealkylation sites (N-methyl/N-ethyl adjacent to an activating group) is 1. The van der Waals surface area contributed by atoms with Crippen molar-refractivity contribution in [2.75, 3.05) is 40.3 Å². The summed E-state index contributed by atoms with van der Waals surface area (Å²) >= 11 is 5.97. The van der Waals surface area contributed by atoms with Gasteiger partial charge in [0.25, 0.3) is 0 Å². The van der Waals surface area contributed by atoms with Crippen molar-refractivity contribution in [1.29, 1.82) is 0 Å². The smallest absolute Gasteiger partial charge is 0.122 e. The van der Waals surface area contributed by atoms with Crippen LogP contribution in [0.2, 0.25) is 5.02 Å². The predicted molar refractivity (Wildman–Crippen MR) is 136 cm³/mol. The predicted octanol–water partition coefficient (Wildman–Crippen LogP) is 5.12. The standard InChI is InChI=1S/C28H30ClN3O/c1-21-18-22(5-13-28(21)33-17-16-32-15-14-27(20-32)31(2)3)4-11-26-12-8-24(19-30-26)23-6-9-25(29)10-7-23/h5-10,12-13,18-19,27H,14-17,20H2,1-3H3. The molecule has 1 unspecified atom stereocenters. The van der Waals surface area contributed by atoms with Crippen LogP contribution in [0.5, 0.6) is 5.75 Å². The highest BCUT2D eigenvalue weighted by molar-refractivity contribution is 6.30. The van der Waals surface area contributed by atoms with E-state index in [2.05, 4.69) is 53.7 Å². The normalized spacial score (nSPS) is 16.0. The number of aromatic nitrogens is 1. The number of benzene rings is 2. The zero-order valence-electron chi connectivity index (χ0n) is 19.5. The monoisotopic (exact) mass is 459 g/mol. The third-order valence-corrected chi connectivity index (χ3v) is 6.35. The van der Waals surface area contributed by atoms with Gasteiger partial charge in [-0.3, -0.25) is 4.90 Å². The van der Waals surface area contributed by atoms with Gasteiger partial charge in [-0.15, -0.1) is 0 Å². The summed E-state index contributed by atoms with van der Waals surface area (Å²) in [6.45, 7) is 6.00. The fraction of sp³-hybridized carbons (Fsp3) is 0.321. The summed E-state index contributed by atoms with van der Waals surface area (Å²) in [6.07, 6.45) is 3.08. The summed E-state index contributed by atoms with van der Waals surface area (Å²) in [5.41, 5.74) is 4.92. The highest BCUT2D eigenvalue weighted by Crippen LogP contribution is 2.21. The zero-order chi connectivity index (χ0) is 23.2. The molecule has 3 aromatic rings. The Hall–Kier alpha value is -2.84. The van der Waals surface area contributed by atoms with Crippen LogP contribution in [-0.2, 0) is 0 Å². The minimum absolute atomic E-state index is 0.660. The van der Waals surface area contributed by atoms with Crippen molar-refractivity contribution in [2.45, 2.75) is 19.4 Å². The Balaban J connectivity index is 1.32. The number of likely N-dealkylation sites (tertiary alicyclic amines) is 1. The molecule has 4 rings (SSSR count). The van der Waals surface area contributed by atoms with Crippen LogP contribution in [0.25, 0.3) is 11.1 Å². The number of hydrogen-bond acceptors (Lipinski definition) is 4. The first kappa shape index (κ1) is 23.3. The summed E-state index contributed by atoms with van der Waals surface area (Å²) < 4.78 is 6.05. The van der Waals surface area contributed by atoms with Gasteiger partial charge in [0.1, 0.15) is 18.1 Å². The first-order valence-electron chi connectivity index (χ1n) is 11.3. The van der Waals surface area contributed by atoms with Gasteiger partial charge in [-0.1, -0.05) is 35.7 Å². The molecule has 0 amide bonds. The van der Waals surface area contributed by atoms with Crippen molar-refractivity contribution in [1.82, 2.24) is 14.8 Å². The lowest BCUT2D eigenvalue weighted by Gasteiger charge is -2.20. The number of pyridine rings is 1. The van der Waals surface area contributed by atoms with E-state index in [9.17, 15) is 0 Å². The van der Waals surface area contributed by atoms with Crippen LogP contribution in [0.4, 0.5) is 0 Å². The number of ether oxygens (including phenoxy) is 1. The Morgan fingerprint density at radius 3 is 2.52 bits per heavy atom. The molecule has 33 heavy (non-hydrogen) atoms. The quantitative estimate of drug-likeness (QED) is 0.478. The lowest BCUT2D eigenvalue weighted by atomic mass is 10.1. The zero-order valence-corrected chi connectivity index (χ0v) is 20.3. The molecule has 1 aromatic heterocycles. The summed E-state index contributed by atoms with van der Waals surface area (Å²) in [5, 5.41) is 0.727. The van der Waals surface area contributed by atoms with E-state index < -0.39 is 0 Å². The number of nitrogens with zero attached hydrogens (tertiary/aromatic N) is 3. The Morgan fingerprint density at radius 2 is 1.85 bits per heavy atom. The Morgan fingerprint density at radius 1 is 1.06 bits per heavy atom. The van der Waals surface area contributed by atoms with E-state index in [4.69, 9.17) is 16.3 Å². The van der Waals surface area contributed by atoms with Crippen molar-refractivity contribution in [3.8, 4) is 28.7 Å². The molecular formula is C28H30ClN3O. The number of halogens is 1.